The van der Waals surface area contributed by atoms with Crippen molar-refractivity contribution >= 4 is 5.96 Å². The van der Waals surface area contributed by atoms with Gasteiger partial charge in [0.05, 0.1) is 0 Å². The molecule has 0 aromatic rings. The lowest BCUT2D eigenvalue weighted by Crippen LogP contribution is -2.49. The molecule has 2 rings (SSSR count). The van der Waals surface area contributed by atoms with Gasteiger partial charge in [-0.3, -0.25) is 4.99 Å². The number of likely N-dealkylation sites (N-methyl/N-ethyl adjacent to an activating group) is 1. The first-order chi connectivity index (χ1) is 9.60. The average Bonchev–Trinajstić information content (AvgIpc) is 3.24. The molecule has 20 heavy (non-hydrogen) atoms. The van der Waals surface area contributed by atoms with Gasteiger partial charge in [0.2, 0.25) is 0 Å². The average molecular weight is 280 g/mol. The summed E-state index contributed by atoms with van der Waals surface area (Å²) >= 11 is 0. The van der Waals surface area contributed by atoms with Crippen LogP contribution in [-0.4, -0.2) is 50.6 Å². The number of guanidine groups is 1. The Balaban J connectivity index is 1.74. The summed E-state index contributed by atoms with van der Waals surface area (Å²) in [6, 6.07) is 1.25. The van der Waals surface area contributed by atoms with Crippen molar-refractivity contribution < 1.29 is 0 Å². The van der Waals surface area contributed by atoms with E-state index in [2.05, 4.69) is 41.5 Å². The molecule has 2 fully saturated rings. The van der Waals surface area contributed by atoms with Crippen LogP contribution in [0.4, 0.5) is 0 Å². The fourth-order valence-electron chi connectivity index (χ4n) is 3.25. The summed E-state index contributed by atoms with van der Waals surface area (Å²) in [6.45, 7) is 3.36. The Kier molecular flexibility index (Phi) is 5.70. The lowest BCUT2D eigenvalue weighted by Gasteiger charge is -2.30. The van der Waals surface area contributed by atoms with Crippen LogP contribution in [-0.2, 0) is 0 Å². The number of hydrogen-bond donors (Lipinski definition) is 2. The van der Waals surface area contributed by atoms with Gasteiger partial charge in [-0.05, 0) is 64.5 Å². The summed E-state index contributed by atoms with van der Waals surface area (Å²) < 4.78 is 0. The van der Waals surface area contributed by atoms with E-state index in [-0.39, 0.29) is 0 Å². The molecule has 0 saturated heterocycles. The van der Waals surface area contributed by atoms with Crippen molar-refractivity contribution in [2.24, 2.45) is 16.8 Å². The fourth-order valence-corrected chi connectivity index (χ4v) is 3.25. The highest BCUT2D eigenvalue weighted by Gasteiger charge is 2.32. The van der Waals surface area contributed by atoms with Crippen LogP contribution in [0.5, 0.6) is 0 Å². The molecule has 116 valence electrons. The summed E-state index contributed by atoms with van der Waals surface area (Å²) in [5, 5.41) is 7.13. The SMILES string of the molecule is CN=C(NCC(C1CC1)N(C)C)NC1CCC(C)CC1. The normalized spacial score (nSPS) is 29.4. The molecule has 0 aromatic carbocycles. The number of nitrogens with one attached hydrogen (secondary N) is 2. The lowest BCUT2D eigenvalue weighted by atomic mass is 9.87. The highest BCUT2D eigenvalue weighted by atomic mass is 15.2. The van der Waals surface area contributed by atoms with Crippen molar-refractivity contribution in [3.8, 4) is 0 Å². The molecule has 0 spiro atoms. The molecule has 1 atom stereocenters. The van der Waals surface area contributed by atoms with E-state index in [9.17, 15) is 0 Å². The second kappa shape index (κ2) is 7.30. The van der Waals surface area contributed by atoms with Gasteiger partial charge in [0.25, 0.3) is 0 Å². The maximum atomic E-state index is 4.39. The van der Waals surface area contributed by atoms with E-state index in [1.165, 1.54) is 38.5 Å². The maximum Gasteiger partial charge on any atom is 0.191 e. The van der Waals surface area contributed by atoms with Gasteiger partial charge in [-0.1, -0.05) is 6.92 Å². The predicted octanol–water partition coefficient (Wildman–Crippen LogP) is 2.07. The van der Waals surface area contributed by atoms with Crippen molar-refractivity contribution in [1.29, 1.82) is 0 Å². The van der Waals surface area contributed by atoms with Crippen molar-refractivity contribution in [3.63, 3.8) is 0 Å². The lowest BCUT2D eigenvalue weighted by molar-refractivity contribution is 0.263. The number of nitrogens with zero attached hydrogens (tertiary/aromatic N) is 2. The van der Waals surface area contributed by atoms with Gasteiger partial charge in [-0.2, -0.15) is 0 Å². The monoisotopic (exact) mass is 280 g/mol. The van der Waals surface area contributed by atoms with Crippen molar-refractivity contribution in [3.05, 3.63) is 0 Å². The van der Waals surface area contributed by atoms with Crippen LogP contribution in [0, 0.1) is 11.8 Å². The van der Waals surface area contributed by atoms with Crippen molar-refractivity contribution in [1.82, 2.24) is 15.5 Å². The summed E-state index contributed by atoms with van der Waals surface area (Å²) in [5.74, 6) is 2.76. The van der Waals surface area contributed by atoms with Crippen LogP contribution in [0.2, 0.25) is 0 Å². The van der Waals surface area contributed by atoms with Crippen LogP contribution < -0.4 is 10.6 Å². The summed E-state index contributed by atoms with van der Waals surface area (Å²) in [7, 11) is 6.25. The van der Waals surface area contributed by atoms with Crippen LogP contribution in [0.25, 0.3) is 0 Å². The maximum absolute atomic E-state index is 4.39. The third-order valence-corrected chi connectivity index (χ3v) is 4.89. The second-order valence-corrected chi connectivity index (χ2v) is 6.92. The Morgan fingerprint density at radius 2 is 1.80 bits per heavy atom. The van der Waals surface area contributed by atoms with E-state index in [4.69, 9.17) is 0 Å². The molecule has 0 aromatic heterocycles. The molecular formula is C16H32N4. The van der Waals surface area contributed by atoms with Crippen molar-refractivity contribution in [2.45, 2.75) is 57.5 Å². The molecule has 0 radical (unpaired) electrons. The van der Waals surface area contributed by atoms with Crippen LogP contribution >= 0.6 is 0 Å². The molecule has 2 N–H and O–H groups in total. The molecule has 4 heteroatoms. The van der Waals surface area contributed by atoms with E-state index in [0.717, 1.165) is 24.3 Å². The largest absolute Gasteiger partial charge is 0.355 e. The first-order valence-electron chi connectivity index (χ1n) is 8.23. The Labute approximate surface area is 124 Å². The standard InChI is InChI=1S/C16H32N4/c1-12-5-9-14(10-6-12)19-16(17-2)18-11-15(20(3)4)13-7-8-13/h12-15H,5-11H2,1-4H3,(H2,17,18,19). The third kappa shape index (κ3) is 4.65. The van der Waals surface area contributed by atoms with Gasteiger partial charge in [0, 0.05) is 25.7 Å². The number of hydrogen-bond acceptors (Lipinski definition) is 2. The minimum absolute atomic E-state index is 0.608. The highest BCUT2D eigenvalue weighted by molar-refractivity contribution is 5.80. The van der Waals surface area contributed by atoms with Crippen molar-refractivity contribution in [2.75, 3.05) is 27.7 Å². The minimum Gasteiger partial charge on any atom is -0.355 e. The second-order valence-electron chi connectivity index (χ2n) is 6.92. The van der Waals surface area contributed by atoms with Crippen LogP contribution in [0.15, 0.2) is 4.99 Å². The zero-order valence-corrected chi connectivity index (χ0v) is 13.7. The third-order valence-electron chi connectivity index (χ3n) is 4.89. The van der Waals surface area contributed by atoms with E-state index in [0.29, 0.717) is 12.1 Å². The van der Waals surface area contributed by atoms with Gasteiger partial charge >= 0.3 is 0 Å². The van der Waals surface area contributed by atoms with Gasteiger partial charge in [0.1, 0.15) is 0 Å². The first kappa shape index (κ1) is 15.6. The first-order valence-corrected chi connectivity index (χ1v) is 8.23. The topological polar surface area (TPSA) is 39.7 Å². The fraction of sp³-hybridized carbons (Fsp3) is 0.938. The molecule has 2 aliphatic carbocycles. The van der Waals surface area contributed by atoms with E-state index in [1.807, 2.05) is 7.05 Å². The highest BCUT2D eigenvalue weighted by Crippen LogP contribution is 2.34. The van der Waals surface area contributed by atoms with Gasteiger partial charge in [0.15, 0.2) is 5.96 Å². The van der Waals surface area contributed by atoms with E-state index in [1.54, 1.807) is 0 Å². The molecule has 2 saturated carbocycles. The molecule has 0 heterocycles. The number of rotatable bonds is 5. The Morgan fingerprint density at radius 1 is 1.15 bits per heavy atom. The van der Waals surface area contributed by atoms with Crippen LogP contribution in [0.1, 0.15) is 45.4 Å². The molecule has 2 aliphatic rings. The summed E-state index contributed by atoms with van der Waals surface area (Å²) in [6.07, 6.45) is 8.02. The van der Waals surface area contributed by atoms with Gasteiger partial charge in [-0.15, -0.1) is 0 Å². The van der Waals surface area contributed by atoms with E-state index < -0.39 is 0 Å². The summed E-state index contributed by atoms with van der Waals surface area (Å²) in [4.78, 5) is 6.74. The number of aliphatic imine (C=N–C) groups is 1. The zero-order valence-electron chi connectivity index (χ0n) is 13.7. The zero-order chi connectivity index (χ0) is 14.5. The van der Waals surface area contributed by atoms with Crippen LogP contribution in [0.3, 0.4) is 0 Å². The Hall–Kier alpha value is -0.770. The molecule has 4 nitrogen and oxygen atoms in total. The predicted molar refractivity (Wildman–Crippen MR) is 86.1 cm³/mol. The molecular weight excluding hydrogens is 248 g/mol. The quantitative estimate of drug-likeness (QED) is 0.598. The van der Waals surface area contributed by atoms with Gasteiger partial charge < -0.3 is 15.5 Å². The Morgan fingerprint density at radius 3 is 2.30 bits per heavy atom. The Bertz CT molecular complexity index is 312. The molecule has 0 amide bonds. The van der Waals surface area contributed by atoms with Gasteiger partial charge in [-0.25, -0.2) is 0 Å². The minimum atomic E-state index is 0.608. The van der Waals surface area contributed by atoms with E-state index >= 15 is 0 Å². The smallest absolute Gasteiger partial charge is 0.191 e. The molecule has 1 unspecified atom stereocenters. The molecule has 0 aliphatic heterocycles. The molecule has 0 bridgehead atoms. The summed E-state index contributed by atoms with van der Waals surface area (Å²) in [5.41, 5.74) is 0.